The number of nitrogens with one attached hydrogen (secondary N) is 1. The standard InChI is InChI=1S/C21H24ClFN6O3/c1-11(9-27-15(5)20(29(31)32)13(3)26-27)21(30)24-19-12(2)25-28(14(19)4)10-16-6-7-17(23)8-18(16)22/h6-8,11H,9-10H2,1-5H3,(H,24,30). The van der Waals surface area contributed by atoms with Gasteiger partial charge in [-0.15, -0.1) is 0 Å². The van der Waals surface area contributed by atoms with Gasteiger partial charge in [-0.05, 0) is 45.4 Å². The predicted octanol–water partition coefficient (Wildman–Crippen LogP) is 4.34. The van der Waals surface area contributed by atoms with E-state index in [1.54, 1.807) is 38.4 Å². The van der Waals surface area contributed by atoms with Crippen LogP contribution in [-0.4, -0.2) is 30.4 Å². The van der Waals surface area contributed by atoms with Crippen LogP contribution in [0.1, 0.15) is 35.3 Å². The summed E-state index contributed by atoms with van der Waals surface area (Å²) in [6.07, 6.45) is 0. The molecule has 0 bridgehead atoms. The molecule has 1 N–H and O–H groups in total. The predicted molar refractivity (Wildman–Crippen MR) is 118 cm³/mol. The summed E-state index contributed by atoms with van der Waals surface area (Å²) in [5.74, 6) is -1.17. The van der Waals surface area contributed by atoms with Crippen molar-refractivity contribution in [3.05, 3.63) is 67.5 Å². The van der Waals surface area contributed by atoms with Crippen molar-refractivity contribution < 1.29 is 14.1 Å². The van der Waals surface area contributed by atoms with Crippen LogP contribution in [0.15, 0.2) is 18.2 Å². The molecule has 0 aliphatic carbocycles. The Labute approximate surface area is 189 Å². The van der Waals surface area contributed by atoms with E-state index in [0.29, 0.717) is 39.9 Å². The number of halogens is 2. The van der Waals surface area contributed by atoms with Crippen LogP contribution >= 0.6 is 11.6 Å². The zero-order valence-electron chi connectivity index (χ0n) is 18.4. The van der Waals surface area contributed by atoms with E-state index in [0.717, 1.165) is 5.69 Å². The topological polar surface area (TPSA) is 108 Å². The first-order chi connectivity index (χ1) is 15.0. The lowest BCUT2D eigenvalue weighted by molar-refractivity contribution is -0.386. The fourth-order valence-electron chi connectivity index (χ4n) is 3.56. The maximum atomic E-state index is 13.3. The number of nitro groups is 1. The van der Waals surface area contributed by atoms with E-state index >= 15 is 0 Å². The number of anilines is 1. The number of hydrogen-bond acceptors (Lipinski definition) is 5. The van der Waals surface area contributed by atoms with Gasteiger partial charge < -0.3 is 5.32 Å². The zero-order valence-corrected chi connectivity index (χ0v) is 19.2. The van der Waals surface area contributed by atoms with Gasteiger partial charge in [0, 0.05) is 5.02 Å². The van der Waals surface area contributed by atoms with E-state index in [1.807, 2.05) is 6.92 Å². The highest BCUT2D eigenvalue weighted by Gasteiger charge is 2.25. The Kier molecular flexibility index (Phi) is 6.63. The molecule has 9 nitrogen and oxygen atoms in total. The molecule has 0 saturated carbocycles. The summed E-state index contributed by atoms with van der Waals surface area (Å²) in [4.78, 5) is 23.6. The van der Waals surface area contributed by atoms with E-state index in [2.05, 4.69) is 15.5 Å². The lowest BCUT2D eigenvalue weighted by Gasteiger charge is -2.14. The summed E-state index contributed by atoms with van der Waals surface area (Å²) in [5.41, 5.74) is 3.32. The Bertz CT molecular complexity index is 1200. The van der Waals surface area contributed by atoms with Crippen molar-refractivity contribution in [1.82, 2.24) is 19.6 Å². The molecule has 0 saturated heterocycles. The van der Waals surface area contributed by atoms with Crippen LogP contribution < -0.4 is 5.32 Å². The van der Waals surface area contributed by atoms with Crippen molar-refractivity contribution in [3.8, 4) is 0 Å². The molecule has 0 spiro atoms. The van der Waals surface area contributed by atoms with Crippen molar-refractivity contribution in [1.29, 1.82) is 0 Å². The number of carbonyl (C=O) groups excluding carboxylic acids is 1. The van der Waals surface area contributed by atoms with Crippen molar-refractivity contribution in [3.63, 3.8) is 0 Å². The van der Waals surface area contributed by atoms with Gasteiger partial charge in [0.2, 0.25) is 5.91 Å². The molecule has 1 amide bonds. The van der Waals surface area contributed by atoms with Crippen molar-refractivity contribution in [2.24, 2.45) is 5.92 Å². The molecule has 0 aliphatic rings. The molecule has 1 atom stereocenters. The molecule has 3 rings (SSSR count). The zero-order chi connectivity index (χ0) is 23.7. The summed E-state index contributed by atoms with van der Waals surface area (Å²) in [6, 6.07) is 4.18. The van der Waals surface area contributed by atoms with Gasteiger partial charge in [0.05, 0.1) is 41.0 Å². The molecule has 170 valence electrons. The van der Waals surface area contributed by atoms with Gasteiger partial charge in [0.25, 0.3) is 0 Å². The van der Waals surface area contributed by atoms with Gasteiger partial charge >= 0.3 is 5.69 Å². The van der Waals surface area contributed by atoms with Gasteiger partial charge in [-0.2, -0.15) is 10.2 Å². The number of rotatable bonds is 7. The normalized spacial score (nSPS) is 12.1. The van der Waals surface area contributed by atoms with E-state index in [1.165, 1.54) is 16.8 Å². The Morgan fingerprint density at radius 3 is 2.44 bits per heavy atom. The molecule has 2 heterocycles. The Morgan fingerprint density at radius 2 is 1.84 bits per heavy atom. The monoisotopic (exact) mass is 462 g/mol. The molecule has 0 aliphatic heterocycles. The van der Waals surface area contributed by atoms with Gasteiger partial charge in [0.1, 0.15) is 17.2 Å². The summed E-state index contributed by atoms with van der Waals surface area (Å²) in [7, 11) is 0. The second-order valence-corrected chi connectivity index (χ2v) is 8.20. The first-order valence-corrected chi connectivity index (χ1v) is 10.3. The molecule has 11 heteroatoms. The minimum Gasteiger partial charge on any atom is -0.323 e. The lowest BCUT2D eigenvalue weighted by Crippen LogP contribution is -2.25. The quantitative estimate of drug-likeness (QED) is 0.415. The minimum atomic E-state index is -0.499. The van der Waals surface area contributed by atoms with Crippen LogP contribution in [0.2, 0.25) is 5.02 Å². The first-order valence-electron chi connectivity index (χ1n) is 9.96. The smallest absolute Gasteiger partial charge is 0.312 e. The summed E-state index contributed by atoms with van der Waals surface area (Å²) in [5, 5.41) is 23.1. The third kappa shape index (κ3) is 4.64. The molecule has 0 radical (unpaired) electrons. The number of carbonyl (C=O) groups is 1. The summed E-state index contributed by atoms with van der Waals surface area (Å²) >= 11 is 6.13. The van der Waals surface area contributed by atoms with Gasteiger partial charge in [0.15, 0.2) is 0 Å². The summed E-state index contributed by atoms with van der Waals surface area (Å²) in [6.45, 7) is 9.03. The van der Waals surface area contributed by atoms with Crippen LogP contribution in [0.25, 0.3) is 0 Å². The highest BCUT2D eigenvalue weighted by atomic mass is 35.5. The van der Waals surface area contributed by atoms with E-state index < -0.39 is 16.7 Å². The maximum Gasteiger partial charge on any atom is 0.312 e. The Morgan fingerprint density at radius 1 is 1.19 bits per heavy atom. The highest BCUT2D eigenvalue weighted by Crippen LogP contribution is 2.25. The average molecular weight is 463 g/mol. The van der Waals surface area contributed by atoms with Crippen molar-refractivity contribution in [2.75, 3.05) is 5.32 Å². The van der Waals surface area contributed by atoms with Gasteiger partial charge in [-0.3, -0.25) is 24.3 Å². The van der Waals surface area contributed by atoms with Crippen LogP contribution in [0, 0.1) is 49.5 Å². The molecule has 2 aromatic heterocycles. The third-order valence-electron chi connectivity index (χ3n) is 5.39. The lowest BCUT2D eigenvalue weighted by atomic mass is 10.1. The number of hydrogen-bond donors (Lipinski definition) is 1. The summed E-state index contributed by atoms with van der Waals surface area (Å²) < 4.78 is 16.5. The second-order valence-electron chi connectivity index (χ2n) is 7.79. The first kappa shape index (κ1) is 23.4. The Hall–Kier alpha value is -3.27. The number of nitrogens with zero attached hydrogens (tertiary/aromatic N) is 5. The molecule has 32 heavy (non-hydrogen) atoms. The van der Waals surface area contributed by atoms with E-state index in [9.17, 15) is 19.3 Å². The maximum absolute atomic E-state index is 13.3. The minimum absolute atomic E-state index is 0.0370. The average Bonchev–Trinajstić information content (AvgIpc) is 3.13. The molecule has 0 fully saturated rings. The Balaban J connectivity index is 1.75. The van der Waals surface area contributed by atoms with Crippen molar-refractivity contribution in [2.45, 2.75) is 47.7 Å². The number of amides is 1. The van der Waals surface area contributed by atoms with Crippen LogP contribution in [0.4, 0.5) is 15.8 Å². The largest absolute Gasteiger partial charge is 0.323 e. The van der Waals surface area contributed by atoms with Crippen LogP contribution in [0.3, 0.4) is 0 Å². The number of aryl methyl sites for hydroxylation is 2. The second kappa shape index (κ2) is 9.07. The number of aromatic nitrogens is 4. The third-order valence-corrected chi connectivity index (χ3v) is 5.74. The highest BCUT2D eigenvalue weighted by molar-refractivity contribution is 6.31. The SMILES string of the molecule is Cc1nn(Cc2ccc(F)cc2Cl)c(C)c1NC(=O)C(C)Cn1nc(C)c([N+](=O)[O-])c1C. The molecular weight excluding hydrogens is 439 g/mol. The van der Waals surface area contributed by atoms with Gasteiger partial charge in [-0.25, -0.2) is 4.39 Å². The molecular formula is C21H24ClFN6O3. The van der Waals surface area contributed by atoms with Gasteiger partial charge in [-0.1, -0.05) is 24.6 Å². The van der Waals surface area contributed by atoms with E-state index in [4.69, 9.17) is 11.6 Å². The van der Waals surface area contributed by atoms with E-state index in [-0.39, 0.29) is 18.1 Å². The molecule has 3 aromatic rings. The fourth-order valence-corrected chi connectivity index (χ4v) is 3.79. The molecule has 1 unspecified atom stereocenters. The molecule has 1 aromatic carbocycles. The number of benzene rings is 1. The van der Waals surface area contributed by atoms with Crippen LogP contribution in [0.5, 0.6) is 0 Å². The fraction of sp³-hybridized carbons (Fsp3) is 0.381. The van der Waals surface area contributed by atoms with Crippen molar-refractivity contribution >= 4 is 28.9 Å². The van der Waals surface area contributed by atoms with Crippen LogP contribution in [-0.2, 0) is 17.9 Å².